The van der Waals surface area contributed by atoms with Gasteiger partial charge in [-0.2, -0.15) is 0 Å². The summed E-state index contributed by atoms with van der Waals surface area (Å²) in [6.07, 6.45) is 0.514. The van der Waals surface area contributed by atoms with Crippen LogP contribution in [0.4, 0.5) is 4.39 Å². The highest BCUT2D eigenvalue weighted by Crippen LogP contribution is 2.18. The van der Waals surface area contributed by atoms with Gasteiger partial charge < -0.3 is 10.1 Å². The fraction of sp³-hybridized carbons (Fsp3) is 0.316. The van der Waals surface area contributed by atoms with Crippen molar-refractivity contribution in [1.29, 1.82) is 0 Å². The highest BCUT2D eigenvalue weighted by molar-refractivity contribution is 9.10. The van der Waals surface area contributed by atoms with Crippen LogP contribution in [0.15, 0.2) is 45.8 Å². The lowest BCUT2D eigenvalue weighted by Gasteiger charge is -2.11. The molecule has 0 aliphatic rings. The lowest BCUT2D eigenvalue weighted by Crippen LogP contribution is -2.29. The number of rotatable bonds is 9. The van der Waals surface area contributed by atoms with Gasteiger partial charge in [0.1, 0.15) is 5.82 Å². The number of aryl methyl sites for hydroxylation is 1. The summed E-state index contributed by atoms with van der Waals surface area (Å²) in [7, 11) is -2.25. The summed E-state index contributed by atoms with van der Waals surface area (Å²) in [5.74, 6) is -0.715. The van der Waals surface area contributed by atoms with Gasteiger partial charge in [0.2, 0.25) is 10.0 Å². The van der Waals surface area contributed by atoms with Gasteiger partial charge in [0.15, 0.2) is 0 Å². The average molecular weight is 473 g/mol. The van der Waals surface area contributed by atoms with Crippen LogP contribution < -0.4 is 10.0 Å². The molecule has 0 unspecified atom stereocenters. The number of halogens is 2. The van der Waals surface area contributed by atoms with E-state index in [1.165, 1.54) is 25.3 Å². The number of carbonyl (C=O) groups is 1. The molecule has 0 spiro atoms. The number of carbonyl (C=O) groups excluding carboxylic acids is 1. The van der Waals surface area contributed by atoms with Crippen LogP contribution in [0.3, 0.4) is 0 Å². The third-order valence-corrected chi connectivity index (χ3v) is 6.11. The number of sulfonamides is 1. The van der Waals surface area contributed by atoms with E-state index in [4.69, 9.17) is 4.74 Å². The topological polar surface area (TPSA) is 84.5 Å². The van der Waals surface area contributed by atoms with Crippen molar-refractivity contribution in [3.8, 4) is 0 Å². The van der Waals surface area contributed by atoms with E-state index in [2.05, 4.69) is 26.0 Å². The molecule has 152 valence electrons. The quantitative estimate of drug-likeness (QED) is 0.549. The van der Waals surface area contributed by atoms with Crippen molar-refractivity contribution in [2.75, 3.05) is 26.8 Å². The minimum absolute atomic E-state index is 0.0156. The molecule has 2 N–H and O–H groups in total. The second kappa shape index (κ2) is 10.1. The number of hydrogen-bond acceptors (Lipinski definition) is 4. The summed E-state index contributed by atoms with van der Waals surface area (Å²) in [6, 6.07) is 9.07. The molecule has 2 aromatic rings. The molecule has 1 amide bonds. The maximum atomic E-state index is 13.3. The van der Waals surface area contributed by atoms with E-state index in [1.54, 1.807) is 25.1 Å². The van der Waals surface area contributed by atoms with Crippen molar-refractivity contribution >= 4 is 31.9 Å². The van der Waals surface area contributed by atoms with Crippen LogP contribution in [-0.4, -0.2) is 41.1 Å². The van der Waals surface area contributed by atoms with E-state index in [-0.39, 0.29) is 35.3 Å². The van der Waals surface area contributed by atoms with Gasteiger partial charge >= 0.3 is 0 Å². The first-order valence-corrected chi connectivity index (χ1v) is 10.8. The molecule has 0 saturated carbocycles. The molecule has 0 aliphatic carbocycles. The molecular formula is C19H22BrFN2O4S. The molecule has 0 radical (unpaired) electrons. The molecule has 28 heavy (non-hydrogen) atoms. The van der Waals surface area contributed by atoms with Gasteiger partial charge in [0.05, 0.1) is 16.0 Å². The van der Waals surface area contributed by atoms with Gasteiger partial charge in [-0.05, 0) is 64.7 Å². The van der Waals surface area contributed by atoms with Crippen molar-refractivity contribution in [2.45, 2.75) is 18.2 Å². The number of nitrogens with one attached hydrogen (secondary N) is 2. The summed E-state index contributed by atoms with van der Waals surface area (Å²) in [5.41, 5.74) is 1.82. The lowest BCUT2D eigenvalue weighted by atomic mass is 10.1. The van der Waals surface area contributed by atoms with E-state index in [1.807, 2.05) is 0 Å². The van der Waals surface area contributed by atoms with Crippen molar-refractivity contribution in [1.82, 2.24) is 10.0 Å². The summed E-state index contributed by atoms with van der Waals surface area (Å²) in [6.45, 7) is 2.46. The van der Waals surface area contributed by atoms with Crippen LogP contribution in [0.2, 0.25) is 0 Å². The van der Waals surface area contributed by atoms with E-state index < -0.39 is 10.0 Å². The van der Waals surface area contributed by atoms with E-state index in [9.17, 15) is 17.6 Å². The van der Waals surface area contributed by atoms with Crippen molar-refractivity contribution in [3.63, 3.8) is 0 Å². The molecule has 0 heterocycles. The maximum Gasteiger partial charge on any atom is 0.251 e. The molecule has 9 heteroatoms. The summed E-state index contributed by atoms with van der Waals surface area (Å²) >= 11 is 3.13. The largest absolute Gasteiger partial charge is 0.383 e. The first kappa shape index (κ1) is 22.5. The smallest absolute Gasteiger partial charge is 0.251 e. The molecular weight excluding hydrogens is 451 g/mol. The Morgan fingerprint density at radius 3 is 2.61 bits per heavy atom. The zero-order chi connectivity index (χ0) is 20.7. The molecule has 0 bridgehead atoms. The zero-order valence-electron chi connectivity index (χ0n) is 15.6. The summed E-state index contributed by atoms with van der Waals surface area (Å²) < 4.78 is 45.5. The Hall–Kier alpha value is -1.81. The van der Waals surface area contributed by atoms with Crippen molar-refractivity contribution in [2.24, 2.45) is 0 Å². The zero-order valence-corrected chi connectivity index (χ0v) is 18.0. The van der Waals surface area contributed by atoms with Crippen LogP contribution in [0.5, 0.6) is 0 Å². The number of benzene rings is 2. The van der Waals surface area contributed by atoms with E-state index in [0.717, 1.165) is 5.56 Å². The van der Waals surface area contributed by atoms with Gasteiger partial charge in [0, 0.05) is 25.8 Å². The molecule has 6 nitrogen and oxygen atoms in total. The van der Waals surface area contributed by atoms with Crippen LogP contribution in [0.25, 0.3) is 0 Å². The number of amides is 1. The van der Waals surface area contributed by atoms with Gasteiger partial charge in [-0.15, -0.1) is 0 Å². The van der Waals surface area contributed by atoms with Gasteiger partial charge in [-0.25, -0.2) is 17.5 Å². The predicted molar refractivity (Wildman–Crippen MR) is 108 cm³/mol. The molecule has 0 saturated heterocycles. The molecule has 0 aliphatic heterocycles. The second-order valence-electron chi connectivity index (χ2n) is 6.12. The molecule has 0 aromatic heterocycles. The fourth-order valence-corrected chi connectivity index (χ4v) is 3.95. The maximum absolute atomic E-state index is 13.3. The fourth-order valence-electron chi connectivity index (χ4n) is 2.49. The minimum atomic E-state index is -3.73. The normalized spacial score (nSPS) is 11.4. The molecule has 0 atom stereocenters. The Bertz CT molecular complexity index is 951. The van der Waals surface area contributed by atoms with Gasteiger partial charge in [-0.3, -0.25) is 4.79 Å². The molecule has 2 rings (SSSR count). The summed E-state index contributed by atoms with van der Waals surface area (Å²) in [5, 5.41) is 2.77. The predicted octanol–water partition coefficient (Wildman–Crippen LogP) is 2.79. The van der Waals surface area contributed by atoms with E-state index in [0.29, 0.717) is 23.0 Å². The Kier molecular flexibility index (Phi) is 8.11. The van der Waals surface area contributed by atoms with Crippen molar-refractivity contribution in [3.05, 3.63) is 63.4 Å². The average Bonchev–Trinajstić information content (AvgIpc) is 2.65. The van der Waals surface area contributed by atoms with Crippen LogP contribution in [0.1, 0.15) is 21.5 Å². The van der Waals surface area contributed by atoms with Crippen LogP contribution >= 0.6 is 15.9 Å². The van der Waals surface area contributed by atoms with Gasteiger partial charge in [0.25, 0.3) is 5.91 Å². The highest BCUT2D eigenvalue weighted by atomic mass is 79.9. The van der Waals surface area contributed by atoms with Crippen LogP contribution in [-0.2, 0) is 21.2 Å². The third kappa shape index (κ3) is 6.10. The number of hydrogen-bond donors (Lipinski definition) is 2. The number of ether oxygens (including phenoxy) is 1. The Morgan fingerprint density at radius 1 is 1.18 bits per heavy atom. The highest BCUT2D eigenvalue weighted by Gasteiger charge is 2.17. The lowest BCUT2D eigenvalue weighted by molar-refractivity contribution is 0.0953. The number of methoxy groups -OCH3 is 1. The minimum Gasteiger partial charge on any atom is -0.383 e. The van der Waals surface area contributed by atoms with Gasteiger partial charge in [-0.1, -0.05) is 12.1 Å². The van der Waals surface area contributed by atoms with Crippen LogP contribution in [0, 0.1) is 12.7 Å². The monoisotopic (exact) mass is 472 g/mol. The SMILES string of the molecule is COCCNS(=O)(=O)c1ccc(C)c(C(=O)NCCc2ccc(F)c(Br)c2)c1. The Balaban J connectivity index is 2.05. The Morgan fingerprint density at radius 2 is 1.93 bits per heavy atom. The molecule has 0 fully saturated rings. The van der Waals surface area contributed by atoms with Crippen molar-refractivity contribution < 1.29 is 22.3 Å². The second-order valence-corrected chi connectivity index (χ2v) is 8.74. The summed E-state index contributed by atoms with van der Waals surface area (Å²) in [4.78, 5) is 12.5. The third-order valence-electron chi connectivity index (χ3n) is 4.05. The standard InChI is InChI=1S/C19H22BrFN2O4S/c1-13-3-5-15(28(25,26)23-9-10-27-2)12-16(13)19(24)22-8-7-14-4-6-18(21)17(20)11-14/h3-6,11-12,23H,7-10H2,1-2H3,(H,22,24). The molecule has 2 aromatic carbocycles. The van der Waals surface area contributed by atoms with E-state index >= 15 is 0 Å². The first-order chi connectivity index (χ1) is 13.2. The first-order valence-electron chi connectivity index (χ1n) is 8.56. The Labute approximate surface area is 172 Å².